The molecule has 0 radical (unpaired) electrons. The van der Waals surface area contributed by atoms with Crippen molar-refractivity contribution in [3.63, 3.8) is 0 Å². The van der Waals surface area contributed by atoms with Crippen LogP contribution >= 0.6 is 11.3 Å². The van der Waals surface area contributed by atoms with Crippen LogP contribution in [-0.4, -0.2) is 54.8 Å². The van der Waals surface area contributed by atoms with Crippen LogP contribution in [0.5, 0.6) is 5.75 Å². The number of amides is 1. The van der Waals surface area contributed by atoms with Gasteiger partial charge in [0.05, 0.1) is 25.1 Å². The van der Waals surface area contributed by atoms with Crippen molar-refractivity contribution in [1.82, 2.24) is 4.90 Å². The van der Waals surface area contributed by atoms with E-state index in [0.29, 0.717) is 17.2 Å². The van der Waals surface area contributed by atoms with Gasteiger partial charge in [0.2, 0.25) is 0 Å². The third-order valence-corrected chi connectivity index (χ3v) is 3.55. The summed E-state index contributed by atoms with van der Waals surface area (Å²) in [6.07, 6.45) is -0.940. The van der Waals surface area contributed by atoms with Gasteiger partial charge >= 0.3 is 5.97 Å². The average molecular weight is 271 g/mol. The number of methoxy groups -OCH3 is 1. The molecule has 7 heteroatoms. The quantitative estimate of drug-likeness (QED) is 0.875. The van der Waals surface area contributed by atoms with E-state index in [-0.39, 0.29) is 19.1 Å². The zero-order valence-electron chi connectivity index (χ0n) is 9.79. The van der Waals surface area contributed by atoms with Gasteiger partial charge in [0.1, 0.15) is 5.75 Å². The van der Waals surface area contributed by atoms with Crippen molar-refractivity contribution < 1.29 is 24.2 Å². The third kappa shape index (κ3) is 2.62. The Labute approximate surface area is 108 Å². The minimum absolute atomic E-state index is 0.0778. The molecule has 0 aliphatic carbocycles. The number of rotatable bonds is 3. The lowest BCUT2D eigenvalue weighted by Gasteiger charge is -2.30. The number of carbonyl (C=O) groups excluding carboxylic acids is 1. The summed E-state index contributed by atoms with van der Waals surface area (Å²) in [5.41, 5.74) is 0. The van der Waals surface area contributed by atoms with Crippen LogP contribution < -0.4 is 4.74 Å². The molecule has 0 spiro atoms. The van der Waals surface area contributed by atoms with Gasteiger partial charge in [0.25, 0.3) is 5.91 Å². The molecule has 1 aromatic heterocycles. The number of hydrogen-bond donors (Lipinski definition) is 1. The van der Waals surface area contributed by atoms with Crippen LogP contribution in [0.25, 0.3) is 0 Å². The first-order chi connectivity index (χ1) is 8.61. The molecular weight excluding hydrogens is 258 g/mol. The first-order valence-electron chi connectivity index (χ1n) is 5.38. The minimum atomic E-state index is -1.05. The summed E-state index contributed by atoms with van der Waals surface area (Å²) in [5, 5.41) is 10.6. The summed E-state index contributed by atoms with van der Waals surface area (Å²) in [6.45, 7) is 0.725. The standard InChI is InChI=1S/C11H13NO5S/c1-16-7-4-9(18-6-7)10(13)12-2-3-17-8(5-12)11(14)15/h4,6,8H,2-3,5H2,1H3,(H,14,15). The van der Waals surface area contributed by atoms with Crippen LogP contribution in [0.2, 0.25) is 0 Å². The molecule has 2 rings (SSSR count). The number of aliphatic carboxylic acids is 1. The highest BCUT2D eigenvalue weighted by molar-refractivity contribution is 7.12. The van der Waals surface area contributed by atoms with Crippen LogP contribution in [0.4, 0.5) is 0 Å². The normalized spacial score (nSPS) is 19.6. The van der Waals surface area contributed by atoms with E-state index >= 15 is 0 Å². The molecule has 18 heavy (non-hydrogen) atoms. The Bertz CT molecular complexity index is 458. The Morgan fingerprint density at radius 2 is 2.39 bits per heavy atom. The molecule has 1 N–H and O–H groups in total. The molecule has 6 nitrogen and oxygen atoms in total. The minimum Gasteiger partial charge on any atom is -0.496 e. The Hall–Kier alpha value is -1.60. The van der Waals surface area contributed by atoms with E-state index < -0.39 is 12.1 Å². The molecular formula is C11H13NO5S. The second kappa shape index (κ2) is 5.36. The summed E-state index contributed by atoms with van der Waals surface area (Å²) < 4.78 is 10.1. The molecule has 98 valence electrons. The van der Waals surface area contributed by atoms with E-state index in [1.165, 1.54) is 23.3 Å². The molecule has 1 aliphatic heterocycles. The largest absolute Gasteiger partial charge is 0.496 e. The number of ether oxygens (including phenoxy) is 2. The topological polar surface area (TPSA) is 76.1 Å². The average Bonchev–Trinajstić information content (AvgIpc) is 2.86. The van der Waals surface area contributed by atoms with Gasteiger partial charge in [-0.2, -0.15) is 0 Å². The summed E-state index contributed by atoms with van der Waals surface area (Å²) in [5.74, 6) is -0.597. The van der Waals surface area contributed by atoms with Gasteiger partial charge in [-0.3, -0.25) is 4.79 Å². The van der Waals surface area contributed by atoms with E-state index in [1.54, 1.807) is 11.4 Å². The van der Waals surface area contributed by atoms with E-state index in [9.17, 15) is 9.59 Å². The lowest BCUT2D eigenvalue weighted by molar-refractivity contribution is -0.154. The van der Waals surface area contributed by atoms with Crippen LogP contribution in [0.1, 0.15) is 9.67 Å². The van der Waals surface area contributed by atoms with E-state index in [0.717, 1.165) is 0 Å². The number of nitrogens with zero attached hydrogens (tertiary/aromatic N) is 1. The van der Waals surface area contributed by atoms with Gasteiger partial charge in [-0.05, 0) is 0 Å². The second-order valence-corrected chi connectivity index (χ2v) is 4.71. The monoisotopic (exact) mass is 271 g/mol. The maximum absolute atomic E-state index is 12.1. The maximum atomic E-state index is 12.1. The van der Waals surface area contributed by atoms with Crippen molar-refractivity contribution >= 4 is 23.2 Å². The fourth-order valence-electron chi connectivity index (χ4n) is 1.68. The first kappa shape index (κ1) is 12.8. The van der Waals surface area contributed by atoms with E-state index in [4.69, 9.17) is 14.6 Å². The molecule has 1 atom stereocenters. The fraction of sp³-hybridized carbons (Fsp3) is 0.455. The smallest absolute Gasteiger partial charge is 0.334 e. The third-order valence-electron chi connectivity index (χ3n) is 2.65. The fourth-order valence-corrected chi connectivity index (χ4v) is 2.50. The molecule has 1 saturated heterocycles. The number of carbonyl (C=O) groups is 2. The zero-order chi connectivity index (χ0) is 13.1. The van der Waals surface area contributed by atoms with Crippen LogP contribution in [0.15, 0.2) is 11.4 Å². The summed E-state index contributed by atoms with van der Waals surface area (Å²) in [6, 6.07) is 1.65. The van der Waals surface area contributed by atoms with Crippen molar-refractivity contribution in [2.45, 2.75) is 6.10 Å². The lowest BCUT2D eigenvalue weighted by atomic mass is 10.2. The van der Waals surface area contributed by atoms with Crippen molar-refractivity contribution in [3.8, 4) is 5.75 Å². The maximum Gasteiger partial charge on any atom is 0.334 e. The molecule has 0 aromatic carbocycles. The highest BCUT2D eigenvalue weighted by atomic mass is 32.1. The molecule has 0 bridgehead atoms. The van der Waals surface area contributed by atoms with Gasteiger partial charge in [-0.1, -0.05) is 0 Å². The van der Waals surface area contributed by atoms with Crippen molar-refractivity contribution in [2.24, 2.45) is 0 Å². The molecule has 1 unspecified atom stereocenters. The van der Waals surface area contributed by atoms with Gasteiger partial charge in [-0.15, -0.1) is 11.3 Å². The van der Waals surface area contributed by atoms with Crippen LogP contribution in [0.3, 0.4) is 0 Å². The highest BCUT2D eigenvalue weighted by Gasteiger charge is 2.30. The predicted octanol–water partition coefficient (Wildman–Crippen LogP) is 0.682. The van der Waals surface area contributed by atoms with Crippen molar-refractivity contribution in [2.75, 3.05) is 26.8 Å². The summed E-state index contributed by atoms with van der Waals surface area (Å²) >= 11 is 1.28. The number of morpholine rings is 1. The van der Waals surface area contributed by atoms with Gasteiger partial charge in [-0.25, -0.2) is 4.79 Å². The highest BCUT2D eigenvalue weighted by Crippen LogP contribution is 2.23. The predicted molar refractivity (Wildman–Crippen MR) is 64.2 cm³/mol. The van der Waals surface area contributed by atoms with Gasteiger partial charge in [0.15, 0.2) is 6.10 Å². The molecule has 1 aromatic rings. The Morgan fingerprint density at radius 1 is 1.61 bits per heavy atom. The summed E-state index contributed by atoms with van der Waals surface area (Å²) in [7, 11) is 1.53. The molecule has 1 aliphatic rings. The first-order valence-corrected chi connectivity index (χ1v) is 6.26. The van der Waals surface area contributed by atoms with E-state index in [1.807, 2.05) is 0 Å². The van der Waals surface area contributed by atoms with Crippen LogP contribution in [0, 0.1) is 0 Å². The number of carboxylic acids is 1. The van der Waals surface area contributed by atoms with Gasteiger partial charge in [0, 0.05) is 18.0 Å². The Morgan fingerprint density at radius 3 is 3.00 bits per heavy atom. The SMILES string of the molecule is COc1csc(C(=O)N2CCOC(C(=O)O)C2)c1. The van der Waals surface area contributed by atoms with Crippen LogP contribution in [-0.2, 0) is 9.53 Å². The molecule has 0 saturated carbocycles. The molecule has 2 heterocycles. The van der Waals surface area contributed by atoms with Gasteiger partial charge < -0.3 is 19.5 Å². The van der Waals surface area contributed by atoms with Crippen molar-refractivity contribution in [1.29, 1.82) is 0 Å². The number of thiophene rings is 1. The van der Waals surface area contributed by atoms with E-state index in [2.05, 4.69) is 0 Å². The molecule has 1 fully saturated rings. The number of carboxylic acid groups (broad SMARTS) is 1. The molecule has 1 amide bonds. The zero-order valence-corrected chi connectivity index (χ0v) is 10.6. The number of hydrogen-bond acceptors (Lipinski definition) is 5. The van der Waals surface area contributed by atoms with Crippen molar-refractivity contribution in [3.05, 3.63) is 16.3 Å². The Balaban J connectivity index is 2.06. The summed E-state index contributed by atoms with van der Waals surface area (Å²) in [4.78, 5) is 25.0. The second-order valence-electron chi connectivity index (χ2n) is 3.80. The lowest BCUT2D eigenvalue weighted by Crippen LogP contribution is -2.48. The Kier molecular flexibility index (Phi) is 3.83.